The Kier molecular flexibility index (Phi) is 5.09. The normalized spacial score (nSPS) is 11.8. The van der Waals surface area contributed by atoms with Gasteiger partial charge in [-0.2, -0.15) is 18.3 Å². The number of anilines is 1. The van der Waals surface area contributed by atoms with Crippen LogP contribution in [0.2, 0.25) is 0 Å². The molecule has 0 spiro atoms. The molecule has 2 aromatic heterocycles. The molecule has 0 aliphatic carbocycles. The number of hydrogen-bond acceptors (Lipinski definition) is 5. The van der Waals surface area contributed by atoms with E-state index in [9.17, 15) is 18.0 Å². The average molecular weight is 395 g/mol. The molecule has 1 aromatic carbocycles. The molecule has 6 nitrogen and oxygen atoms in total. The summed E-state index contributed by atoms with van der Waals surface area (Å²) in [4.78, 5) is 19.5. The van der Waals surface area contributed by atoms with Gasteiger partial charge in [0.1, 0.15) is 5.03 Å². The minimum absolute atomic E-state index is 0.0912. The molecular weight excluding hydrogens is 379 g/mol. The summed E-state index contributed by atoms with van der Waals surface area (Å²) in [6.45, 7) is 3.58. The van der Waals surface area contributed by atoms with Gasteiger partial charge in [0.15, 0.2) is 0 Å². The number of thioether (sulfide) groups is 1. The largest absolute Gasteiger partial charge is 0.451 e. The van der Waals surface area contributed by atoms with Gasteiger partial charge in [-0.3, -0.25) is 9.48 Å². The number of nitrogens with one attached hydrogen (secondary N) is 1. The fourth-order valence-corrected chi connectivity index (χ4v) is 3.37. The van der Waals surface area contributed by atoms with Crippen molar-refractivity contribution in [2.24, 2.45) is 7.05 Å². The first-order valence-electron chi connectivity index (χ1n) is 7.93. The smallest absolute Gasteiger partial charge is 0.322 e. The molecule has 10 heteroatoms. The van der Waals surface area contributed by atoms with Crippen molar-refractivity contribution >= 4 is 34.3 Å². The Hall–Kier alpha value is -2.62. The third-order valence-electron chi connectivity index (χ3n) is 3.94. The van der Waals surface area contributed by atoms with Crippen LogP contribution in [0.5, 0.6) is 0 Å². The molecule has 0 saturated carbocycles. The number of fused-ring (bicyclic) bond motifs is 1. The van der Waals surface area contributed by atoms with Crippen LogP contribution in [0.1, 0.15) is 17.2 Å². The van der Waals surface area contributed by atoms with E-state index in [1.807, 2.05) is 6.92 Å². The zero-order valence-corrected chi connectivity index (χ0v) is 15.6. The second-order valence-corrected chi connectivity index (χ2v) is 6.84. The summed E-state index contributed by atoms with van der Waals surface area (Å²) >= 11 is 0.936. The number of para-hydroxylation sites is 1. The van der Waals surface area contributed by atoms with Gasteiger partial charge in [-0.15, -0.1) is 0 Å². The minimum Gasteiger partial charge on any atom is -0.322 e. The van der Waals surface area contributed by atoms with Crippen molar-refractivity contribution in [3.05, 3.63) is 41.5 Å². The SMILES string of the molecule is Cc1nn(C)c(C)c1NC(=O)CSc1nc(C(F)(F)F)nc2ccccc12. The van der Waals surface area contributed by atoms with Gasteiger partial charge >= 0.3 is 6.18 Å². The number of alkyl halides is 3. The lowest BCUT2D eigenvalue weighted by atomic mass is 10.2. The third kappa shape index (κ3) is 4.05. The third-order valence-corrected chi connectivity index (χ3v) is 4.93. The molecule has 1 N–H and O–H groups in total. The predicted molar refractivity (Wildman–Crippen MR) is 96.6 cm³/mol. The van der Waals surface area contributed by atoms with Crippen molar-refractivity contribution in [1.29, 1.82) is 0 Å². The Morgan fingerprint density at radius 2 is 1.93 bits per heavy atom. The zero-order chi connectivity index (χ0) is 19.8. The number of hydrogen-bond donors (Lipinski definition) is 1. The van der Waals surface area contributed by atoms with Gasteiger partial charge < -0.3 is 5.32 Å². The number of halogens is 3. The summed E-state index contributed by atoms with van der Waals surface area (Å²) in [7, 11) is 1.76. The van der Waals surface area contributed by atoms with Crippen LogP contribution in [-0.2, 0) is 18.0 Å². The van der Waals surface area contributed by atoms with Crippen LogP contribution in [0.15, 0.2) is 29.3 Å². The Morgan fingerprint density at radius 3 is 2.56 bits per heavy atom. The van der Waals surface area contributed by atoms with Gasteiger partial charge in [0.05, 0.1) is 28.3 Å². The predicted octanol–water partition coefficient (Wildman–Crippen LogP) is 3.73. The van der Waals surface area contributed by atoms with Crippen LogP contribution < -0.4 is 5.32 Å². The van der Waals surface area contributed by atoms with Gasteiger partial charge in [-0.1, -0.05) is 30.0 Å². The van der Waals surface area contributed by atoms with E-state index in [4.69, 9.17) is 0 Å². The number of nitrogens with zero attached hydrogens (tertiary/aromatic N) is 4. The highest BCUT2D eigenvalue weighted by Crippen LogP contribution is 2.32. The van der Waals surface area contributed by atoms with Crippen molar-refractivity contribution in [3.63, 3.8) is 0 Å². The van der Waals surface area contributed by atoms with Crippen molar-refractivity contribution in [3.8, 4) is 0 Å². The van der Waals surface area contributed by atoms with E-state index in [-0.39, 0.29) is 22.2 Å². The lowest BCUT2D eigenvalue weighted by Gasteiger charge is -2.10. The fourth-order valence-electron chi connectivity index (χ4n) is 2.55. The van der Waals surface area contributed by atoms with Crippen LogP contribution >= 0.6 is 11.8 Å². The summed E-state index contributed by atoms with van der Waals surface area (Å²) in [5.41, 5.74) is 2.24. The molecule has 0 unspecified atom stereocenters. The van der Waals surface area contributed by atoms with E-state index in [2.05, 4.69) is 20.4 Å². The van der Waals surface area contributed by atoms with E-state index >= 15 is 0 Å². The average Bonchev–Trinajstić information content (AvgIpc) is 2.85. The minimum atomic E-state index is -4.66. The number of carbonyl (C=O) groups is 1. The summed E-state index contributed by atoms with van der Waals surface area (Å²) in [6.07, 6.45) is -4.66. The summed E-state index contributed by atoms with van der Waals surface area (Å²) < 4.78 is 40.8. The van der Waals surface area contributed by atoms with Crippen molar-refractivity contribution in [2.75, 3.05) is 11.1 Å². The first-order valence-corrected chi connectivity index (χ1v) is 8.92. The van der Waals surface area contributed by atoms with E-state index in [0.717, 1.165) is 17.5 Å². The van der Waals surface area contributed by atoms with Crippen molar-refractivity contribution in [1.82, 2.24) is 19.7 Å². The van der Waals surface area contributed by atoms with Crippen LogP contribution in [0.3, 0.4) is 0 Å². The fraction of sp³-hybridized carbons (Fsp3) is 0.294. The van der Waals surface area contributed by atoms with E-state index < -0.39 is 12.0 Å². The molecule has 0 aliphatic rings. The quantitative estimate of drug-likeness (QED) is 0.538. The highest BCUT2D eigenvalue weighted by molar-refractivity contribution is 8.00. The molecular formula is C17H16F3N5OS. The van der Waals surface area contributed by atoms with E-state index in [1.165, 1.54) is 6.07 Å². The van der Waals surface area contributed by atoms with Gasteiger partial charge in [0.25, 0.3) is 0 Å². The second kappa shape index (κ2) is 7.18. The number of rotatable bonds is 4. The van der Waals surface area contributed by atoms with Crippen LogP contribution in [0.4, 0.5) is 18.9 Å². The van der Waals surface area contributed by atoms with Crippen LogP contribution in [0.25, 0.3) is 10.9 Å². The summed E-state index contributed by atoms with van der Waals surface area (Å²) in [5.74, 6) is -1.66. The van der Waals surface area contributed by atoms with Crippen molar-refractivity contribution in [2.45, 2.75) is 25.0 Å². The summed E-state index contributed by atoms with van der Waals surface area (Å²) in [6, 6.07) is 6.40. The molecule has 27 heavy (non-hydrogen) atoms. The molecule has 3 aromatic rings. The maximum absolute atomic E-state index is 13.1. The lowest BCUT2D eigenvalue weighted by molar-refractivity contribution is -0.145. The Bertz CT molecular complexity index is 1020. The number of carbonyl (C=O) groups excluding carboxylic acids is 1. The lowest BCUT2D eigenvalue weighted by Crippen LogP contribution is -2.16. The molecule has 0 radical (unpaired) electrons. The number of amides is 1. The maximum atomic E-state index is 13.1. The molecule has 0 bridgehead atoms. The number of benzene rings is 1. The number of aryl methyl sites for hydroxylation is 2. The van der Waals surface area contributed by atoms with Gasteiger partial charge in [0, 0.05) is 12.4 Å². The topological polar surface area (TPSA) is 72.7 Å². The Balaban J connectivity index is 1.83. The van der Waals surface area contributed by atoms with Crippen molar-refractivity contribution < 1.29 is 18.0 Å². The van der Waals surface area contributed by atoms with E-state index in [0.29, 0.717) is 16.8 Å². The molecule has 0 aliphatic heterocycles. The monoisotopic (exact) mass is 395 g/mol. The molecule has 142 valence electrons. The standard InChI is InChI=1S/C17H16F3N5OS/c1-9-14(10(2)25(3)24-9)22-13(26)8-27-15-11-6-4-5-7-12(11)21-16(23-15)17(18,19)20/h4-7H,8H2,1-3H3,(H,22,26). The Labute approximate surface area is 157 Å². The van der Waals surface area contributed by atoms with Gasteiger partial charge in [-0.25, -0.2) is 9.97 Å². The molecule has 1 amide bonds. The molecule has 2 heterocycles. The second-order valence-electron chi connectivity index (χ2n) is 5.87. The van der Waals surface area contributed by atoms with E-state index in [1.54, 1.807) is 36.9 Å². The van der Waals surface area contributed by atoms with Gasteiger partial charge in [0.2, 0.25) is 11.7 Å². The number of aromatic nitrogens is 4. The first kappa shape index (κ1) is 19.2. The highest BCUT2D eigenvalue weighted by Gasteiger charge is 2.35. The maximum Gasteiger partial charge on any atom is 0.451 e. The molecule has 0 fully saturated rings. The van der Waals surface area contributed by atoms with Crippen LogP contribution in [0, 0.1) is 13.8 Å². The zero-order valence-electron chi connectivity index (χ0n) is 14.8. The molecule has 0 saturated heterocycles. The van der Waals surface area contributed by atoms with Crippen LogP contribution in [-0.4, -0.2) is 31.4 Å². The summed E-state index contributed by atoms with van der Waals surface area (Å²) in [5, 5.41) is 7.55. The Morgan fingerprint density at radius 1 is 1.22 bits per heavy atom. The highest BCUT2D eigenvalue weighted by atomic mass is 32.2. The first-order chi connectivity index (χ1) is 12.7. The van der Waals surface area contributed by atoms with Gasteiger partial charge in [-0.05, 0) is 19.9 Å². The molecule has 3 rings (SSSR count). The molecule has 0 atom stereocenters.